The van der Waals surface area contributed by atoms with E-state index in [-0.39, 0.29) is 17.9 Å². The van der Waals surface area contributed by atoms with Crippen LogP contribution in [-0.4, -0.2) is 41.1 Å². The number of methoxy groups -OCH3 is 1. The van der Waals surface area contributed by atoms with Gasteiger partial charge in [0.1, 0.15) is 0 Å². The Morgan fingerprint density at radius 1 is 1.20 bits per heavy atom. The highest BCUT2D eigenvalue weighted by Crippen LogP contribution is 2.22. The van der Waals surface area contributed by atoms with Gasteiger partial charge in [0.05, 0.1) is 19.3 Å². The van der Waals surface area contributed by atoms with Gasteiger partial charge in [-0.05, 0) is 24.5 Å². The highest BCUT2D eigenvalue weighted by atomic mass is 16.5. The van der Waals surface area contributed by atoms with Crippen LogP contribution in [0.5, 0.6) is 5.88 Å². The first kappa shape index (κ1) is 18.9. The number of aliphatic hydroxyl groups is 1. The lowest BCUT2D eigenvalue weighted by molar-refractivity contribution is -0.137. The first-order valence-corrected chi connectivity index (χ1v) is 8.42. The van der Waals surface area contributed by atoms with Crippen LogP contribution in [0.25, 0.3) is 0 Å². The van der Waals surface area contributed by atoms with Gasteiger partial charge < -0.3 is 14.7 Å². The zero-order valence-corrected chi connectivity index (χ0v) is 15.2. The molecule has 0 radical (unpaired) electrons. The Kier molecular flexibility index (Phi) is 6.53. The maximum atomic E-state index is 12.7. The molecular weight excluding hydrogens is 316 g/mol. The van der Waals surface area contributed by atoms with Crippen LogP contribution < -0.4 is 4.74 Å². The second-order valence-corrected chi connectivity index (χ2v) is 6.36. The number of rotatable bonds is 7. The van der Waals surface area contributed by atoms with E-state index in [2.05, 4.69) is 4.98 Å². The number of carbonyl (C=O) groups excluding carboxylic acids is 1. The number of benzene rings is 1. The minimum atomic E-state index is -0.718. The molecule has 134 valence electrons. The lowest BCUT2D eigenvalue weighted by Crippen LogP contribution is -2.42. The number of hydrogen-bond donors (Lipinski definition) is 1. The first-order valence-electron chi connectivity index (χ1n) is 8.42. The number of hydrogen-bond acceptors (Lipinski definition) is 4. The standard InChI is InChI=1S/C20H26N2O3/c1-14(12-16-10-11-18(25-4)21-13-16)20(24)22(3)15(2)19(23)17-8-6-5-7-9-17/h5-11,13-15,19,23H,12H2,1-4H3/t14-,15+,19-/m1/s1. The molecule has 5 nitrogen and oxygen atoms in total. The molecule has 1 amide bonds. The van der Waals surface area contributed by atoms with Gasteiger partial charge in [-0.1, -0.05) is 43.3 Å². The molecule has 2 aromatic rings. The Balaban J connectivity index is 1.99. The summed E-state index contributed by atoms with van der Waals surface area (Å²) in [5, 5.41) is 10.5. The normalized spacial score (nSPS) is 14.4. The second-order valence-electron chi connectivity index (χ2n) is 6.36. The van der Waals surface area contributed by atoms with Crippen molar-refractivity contribution in [3.63, 3.8) is 0 Å². The van der Waals surface area contributed by atoms with Crippen molar-refractivity contribution in [1.82, 2.24) is 9.88 Å². The average Bonchev–Trinajstić information content (AvgIpc) is 2.66. The Morgan fingerprint density at radius 3 is 2.44 bits per heavy atom. The minimum absolute atomic E-state index is 0.00157. The first-order chi connectivity index (χ1) is 11.9. The third-order valence-corrected chi connectivity index (χ3v) is 4.53. The molecule has 25 heavy (non-hydrogen) atoms. The molecule has 1 aromatic carbocycles. The van der Waals surface area contributed by atoms with Crippen LogP contribution in [0.1, 0.15) is 31.1 Å². The molecule has 2 rings (SSSR count). The highest BCUT2D eigenvalue weighted by Gasteiger charge is 2.27. The van der Waals surface area contributed by atoms with Crippen molar-refractivity contribution < 1.29 is 14.6 Å². The van der Waals surface area contributed by atoms with Gasteiger partial charge in [-0.15, -0.1) is 0 Å². The molecule has 3 atom stereocenters. The van der Waals surface area contributed by atoms with Crippen molar-refractivity contribution in [3.8, 4) is 5.88 Å². The molecule has 0 spiro atoms. The van der Waals surface area contributed by atoms with E-state index in [9.17, 15) is 9.90 Å². The Hall–Kier alpha value is -2.40. The van der Waals surface area contributed by atoms with Crippen LogP contribution in [0.15, 0.2) is 48.7 Å². The van der Waals surface area contributed by atoms with E-state index in [4.69, 9.17) is 4.74 Å². The topological polar surface area (TPSA) is 62.7 Å². The summed E-state index contributed by atoms with van der Waals surface area (Å²) in [5.74, 6) is 0.350. The van der Waals surface area contributed by atoms with E-state index in [1.807, 2.05) is 50.2 Å². The number of aromatic nitrogens is 1. The second kappa shape index (κ2) is 8.62. The van der Waals surface area contributed by atoms with Crippen LogP contribution in [0.4, 0.5) is 0 Å². The van der Waals surface area contributed by atoms with Gasteiger partial charge in [0.25, 0.3) is 0 Å². The third-order valence-electron chi connectivity index (χ3n) is 4.53. The zero-order chi connectivity index (χ0) is 18.4. The predicted molar refractivity (Wildman–Crippen MR) is 97.3 cm³/mol. The average molecular weight is 342 g/mol. The lowest BCUT2D eigenvalue weighted by Gasteiger charge is -2.31. The van der Waals surface area contributed by atoms with Gasteiger partial charge in [0.2, 0.25) is 11.8 Å². The quantitative estimate of drug-likeness (QED) is 0.840. The fourth-order valence-corrected chi connectivity index (χ4v) is 2.78. The number of pyridine rings is 1. The summed E-state index contributed by atoms with van der Waals surface area (Å²) in [6.45, 7) is 3.75. The molecule has 1 N–H and O–H groups in total. The van der Waals surface area contributed by atoms with E-state index in [0.29, 0.717) is 12.3 Å². The molecule has 0 saturated carbocycles. The molecule has 1 aromatic heterocycles. The van der Waals surface area contributed by atoms with E-state index < -0.39 is 6.10 Å². The van der Waals surface area contributed by atoms with E-state index in [1.54, 1.807) is 31.3 Å². The van der Waals surface area contributed by atoms with Crippen LogP contribution in [0.2, 0.25) is 0 Å². The van der Waals surface area contributed by atoms with Crippen LogP contribution in [-0.2, 0) is 11.2 Å². The molecule has 0 aliphatic heterocycles. The Bertz CT molecular complexity index is 673. The number of ether oxygens (including phenoxy) is 1. The number of amides is 1. The van der Waals surface area contributed by atoms with Gasteiger partial charge >= 0.3 is 0 Å². The highest BCUT2D eigenvalue weighted by molar-refractivity contribution is 5.78. The lowest BCUT2D eigenvalue weighted by atomic mass is 9.98. The zero-order valence-electron chi connectivity index (χ0n) is 15.2. The molecule has 0 fully saturated rings. The van der Waals surface area contributed by atoms with E-state index in [1.165, 1.54) is 0 Å². The van der Waals surface area contributed by atoms with Gasteiger partial charge in [-0.25, -0.2) is 4.98 Å². The third kappa shape index (κ3) is 4.79. The van der Waals surface area contributed by atoms with Crippen molar-refractivity contribution in [2.75, 3.05) is 14.2 Å². The monoisotopic (exact) mass is 342 g/mol. The summed E-state index contributed by atoms with van der Waals surface area (Å²) in [6.07, 6.45) is 1.60. The Morgan fingerprint density at radius 2 is 1.88 bits per heavy atom. The van der Waals surface area contributed by atoms with E-state index in [0.717, 1.165) is 11.1 Å². The number of carbonyl (C=O) groups is 1. The number of likely N-dealkylation sites (N-methyl/N-ethyl adjacent to an activating group) is 1. The fraction of sp³-hybridized carbons (Fsp3) is 0.400. The fourth-order valence-electron chi connectivity index (χ4n) is 2.78. The van der Waals surface area contributed by atoms with E-state index >= 15 is 0 Å². The summed E-state index contributed by atoms with van der Waals surface area (Å²) in [7, 11) is 3.31. The SMILES string of the molecule is COc1ccc(C[C@@H](C)C(=O)N(C)[C@@H](C)[C@@H](O)c2ccccc2)cn1. The molecule has 0 unspecified atom stereocenters. The maximum absolute atomic E-state index is 12.7. The molecule has 1 heterocycles. The summed E-state index contributed by atoms with van der Waals surface area (Å²) in [6, 6.07) is 12.8. The van der Waals surface area contributed by atoms with Crippen LogP contribution >= 0.6 is 0 Å². The summed E-state index contributed by atoms with van der Waals surface area (Å²) in [4.78, 5) is 18.5. The number of aliphatic hydroxyl groups excluding tert-OH is 1. The van der Waals surface area contributed by atoms with Crippen molar-refractivity contribution >= 4 is 5.91 Å². The number of nitrogens with zero attached hydrogens (tertiary/aromatic N) is 2. The van der Waals surface area contributed by atoms with Gasteiger partial charge in [0.15, 0.2) is 0 Å². The molecule has 0 aliphatic rings. The van der Waals surface area contributed by atoms with Gasteiger partial charge in [0, 0.05) is 25.2 Å². The minimum Gasteiger partial charge on any atom is -0.481 e. The maximum Gasteiger partial charge on any atom is 0.225 e. The smallest absolute Gasteiger partial charge is 0.225 e. The molecule has 0 bridgehead atoms. The summed E-state index contributed by atoms with van der Waals surface area (Å²) >= 11 is 0. The van der Waals surface area contributed by atoms with Crippen molar-refractivity contribution in [3.05, 3.63) is 59.8 Å². The van der Waals surface area contributed by atoms with Crippen LogP contribution in [0.3, 0.4) is 0 Å². The molecular formula is C20H26N2O3. The van der Waals surface area contributed by atoms with Crippen LogP contribution in [0, 0.1) is 5.92 Å². The summed E-state index contributed by atoms with van der Waals surface area (Å²) < 4.78 is 5.05. The van der Waals surface area contributed by atoms with Crippen molar-refractivity contribution in [2.45, 2.75) is 32.4 Å². The summed E-state index contributed by atoms with van der Waals surface area (Å²) in [5.41, 5.74) is 1.79. The molecule has 0 aliphatic carbocycles. The largest absolute Gasteiger partial charge is 0.481 e. The van der Waals surface area contributed by atoms with Crippen molar-refractivity contribution in [2.24, 2.45) is 5.92 Å². The Labute approximate surface area is 149 Å². The van der Waals surface area contributed by atoms with Gasteiger partial charge in [-0.3, -0.25) is 4.79 Å². The molecule has 0 saturated heterocycles. The molecule has 5 heteroatoms. The van der Waals surface area contributed by atoms with Crippen molar-refractivity contribution in [1.29, 1.82) is 0 Å². The van der Waals surface area contributed by atoms with Gasteiger partial charge in [-0.2, -0.15) is 0 Å². The predicted octanol–water partition coefficient (Wildman–Crippen LogP) is 2.85.